The van der Waals surface area contributed by atoms with Crippen LogP contribution in [0.15, 0.2) is 182 Å². The number of esters is 4. The third-order valence-electron chi connectivity index (χ3n) is 15.9. The SMILES string of the molecule is CC/C=C\C/C=C\C/C=C\C/C=C\C/C=C\CC(=O)OCC(COP(=O)(O)OCC(O)COP(=O)(O)OCC(COC(=O)CCCCCCCC/C=C\C/C=C\C/C=C\C/C=C\CC)OC(=O)CCCCCCCC/C=C\C/C=C\C/C=C\C/C=C\CC)OC(=O)CCCCCCC/C=C\C/C=C\CCC. The van der Waals surface area contributed by atoms with Crippen molar-refractivity contribution in [3.05, 3.63) is 182 Å². The fraction of sp³-hybridized carbons (Fsp3) is 0.609. The van der Waals surface area contributed by atoms with Crippen LogP contribution in [0.25, 0.3) is 0 Å². The highest BCUT2D eigenvalue weighted by atomic mass is 31.2. The molecule has 600 valence electrons. The largest absolute Gasteiger partial charge is 0.472 e. The number of aliphatic hydroxyl groups is 1. The number of aliphatic hydroxyl groups excluding tert-OH is 1. The number of unbranched alkanes of at least 4 members (excludes halogenated alkanes) is 18. The molecule has 0 saturated heterocycles. The highest BCUT2D eigenvalue weighted by Crippen LogP contribution is 2.45. The van der Waals surface area contributed by atoms with Gasteiger partial charge in [0.2, 0.25) is 0 Å². The predicted octanol–water partition coefficient (Wildman–Crippen LogP) is 23.6. The molecule has 0 bridgehead atoms. The van der Waals surface area contributed by atoms with E-state index in [-0.39, 0.29) is 25.7 Å². The monoisotopic (exact) mass is 1520 g/mol. The van der Waals surface area contributed by atoms with Gasteiger partial charge in [-0.2, -0.15) is 0 Å². The van der Waals surface area contributed by atoms with Crippen LogP contribution in [0.3, 0.4) is 0 Å². The number of allylic oxidation sites excluding steroid dienone is 29. The maximum Gasteiger partial charge on any atom is 0.472 e. The first-order chi connectivity index (χ1) is 51.7. The van der Waals surface area contributed by atoms with Crippen LogP contribution < -0.4 is 0 Å². The molecule has 0 fully saturated rings. The standard InChI is InChI=1S/C87H140O17P2/c1-5-9-13-17-21-25-29-33-36-38-40-42-45-49-52-56-60-64-68-72-85(90)98-78-83(104-87(92)74-70-66-62-58-54-50-46-43-41-39-37-34-30-26-22-18-14-10-6-2)80-102-106(95,96)100-76-81(88)75-99-105(93,94)101-79-82(103-86(91)73-69-65-61-57-53-47-32-28-24-20-16-12-8-4)77-97-84(89)71-67-63-59-55-51-48-44-35-31-27-23-19-15-11-7-3/h9-11,13-16,20-23,25-28,32-37,40-44,51,55,63,67,81-83,88H,5-8,12,17-19,24,29-31,38-39,45-50,52-54,56-62,64-66,68-80H2,1-4H3,(H,93,94)(H,95,96)/b13-9-,14-10-,15-11-,20-16-,25-21-,26-22-,27-23-,32-28-,36-33-,37-34-,42-40-,43-41-,44-35-,55-51-,67-63-. The molecule has 0 spiro atoms. The van der Waals surface area contributed by atoms with Crippen LogP contribution in [0.5, 0.6) is 0 Å². The van der Waals surface area contributed by atoms with Crippen molar-refractivity contribution in [2.24, 2.45) is 0 Å². The first kappa shape index (κ1) is 100. The first-order valence-electron chi connectivity index (χ1n) is 40.0. The quantitative estimate of drug-likeness (QED) is 0.0169. The van der Waals surface area contributed by atoms with Crippen LogP contribution in [0.1, 0.15) is 285 Å². The molecule has 0 amide bonds. The number of rotatable bonds is 73. The van der Waals surface area contributed by atoms with Crippen LogP contribution in [-0.4, -0.2) is 96.7 Å². The minimum absolute atomic E-state index is 0.0527. The average molecular weight is 1520 g/mol. The van der Waals surface area contributed by atoms with Gasteiger partial charge in [0.25, 0.3) is 0 Å². The zero-order valence-corrected chi connectivity index (χ0v) is 67.3. The summed E-state index contributed by atoms with van der Waals surface area (Å²) in [4.78, 5) is 73.0. The van der Waals surface area contributed by atoms with E-state index in [9.17, 15) is 43.2 Å². The summed E-state index contributed by atoms with van der Waals surface area (Å²) in [5.41, 5.74) is 0. The first-order valence-corrected chi connectivity index (χ1v) is 43.0. The summed E-state index contributed by atoms with van der Waals surface area (Å²) in [6.07, 6.45) is 93.3. The Morgan fingerprint density at radius 3 is 0.840 bits per heavy atom. The van der Waals surface area contributed by atoms with Crippen molar-refractivity contribution >= 4 is 39.5 Å². The van der Waals surface area contributed by atoms with Crippen LogP contribution in [0.4, 0.5) is 0 Å². The minimum atomic E-state index is -5.01. The summed E-state index contributed by atoms with van der Waals surface area (Å²) >= 11 is 0. The van der Waals surface area contributed by atoms with Gasteiger partial charge in [0.15, 0.2) is 12.2 Å². The molecule has 3 N–H and O–H groups in total. The lowest BCUT2D eigenvalue weighted by Crippen LogP contribution is -2.30. The van der Waals surface area contributed by atoms with E-state index in [0.29, 0.717) is 25.7 Å². The molecule has 106 heavy (non-hydrogen) atoms. The van der Waals surface area contributed by atoms with E-state index in [2.05, 4.69) is 186 Å². The van der Waals surface area contributed by atoms with Gasteiger partial charge in [-0.25, -0.2) is 9.13 Å². The Hall–Kier alpha value is -5.84. The summed E-state index contributed by atoms with van der Waals surface area (Å²) < 4.78 is 68.5. The van der Waals surface area contributed by atoms with Crippen molar-refractivity contribution < 1.29 is 80.2 Å². The fourth-order valence-electron chi connectivity index (χ4n) is 9.90. The summed E-state index contributed by atoms with van der Waals surface area (Å²) in [6, 6.07) is 0. The predicted molar refractivity (Wildman–Crippen MR) is 436 cm³/mol. The van der Waals surface area contributed by atoms with E-state index in [4.69, 9.17) is 37.0 Å². The van der Waals surface area contributed by atoms with Crippen molar-refractivity contribution in [3.63, 3.8) is 0 Å². The number of phosphoric acid groups is 2. The third kappa shape index (κ3) is 76.4. The Labute approximate surface area is 641 Å². The van der Waals surface area contributed by atoms with Gasteiger partial charge < -0.3 is 33.8 Å². The summed E-state index contributed by atoms with van der Waals surface area (Å²) in [7, 11) is -10.0. The second-order valence-corrected chi connectivity index (χ2v) is 28.8. The molecule has 0 aromatic heterocycles. The molecule has 0 saturated carbocycles. The molecule has 17 nitrogen and oxygen atoms in total. The van der Waals surface area contributed by atoms with Crippen molar-refractivity contribution in [1.29, 1.82) is 0 Å². The molecule has 0 radical (unpaired) electrons. The number of phosphoric ester groups is 2. The van der Waals surface area contributed by atoms with Gasteiger partial charge in [0, 0.05) is 19.3 Å². The molecule has 5 atom stereocenters. The van der Waals surface area contributed by atoms with Crippen molar-refractivity contribution in [1.82, 2.24) is 0 Å². The van der Waals surface area contributed by atoms with E-state index in [1.165, 1.54) is 0 Å². The Morgan fingerprint density at radius 2 is 0.528 bits per heavy atom. The third-order valence-corrected chi connectivity index (χ3v) is 17.8. The molecule has 19 heteroatoms. The number of carbonyl (C=O) groups is 4. The minimum Gasteiger partial charge on any atom is -0.462 e. The lowest BCUT2D eigenvalue weighted by molar-refractivity contribution is -0.161. The molecule has 0 aliphatic rings. The Bertz CT molecular complexity index is 2730. The summed E-state index contributed by atoms with van der Waals surface area (Å²) in [5, 5.41) is 10.6. The van der Waals surface area contributed by atoms with E-state index in [1.54, 1.807) is 6.08 Å². The second kappa shape index (κ2) is 77.3. The fourth-order valence-corrected chi connectivity index (χ4v) is 11.5. The Morgan fingerprint density at radius 1 is 0.283 bits per heavy atom. The van der Waals surface area contributed by atoms with Gasteiger partial charge in [0.05, 0.1) is 32.8 Å². The molecule has 0 heterocycles. The normalized spacial score (nSPS) is 14.8. The average Bonchev–Trinajstić information content (AvgIpc) is 0.901. The van der Waals surface area contributed by atoms with Crippen molar-refractivity contribution in [3.8, 4) is 0 Å². The summed E-state index contributed by atoms with van der Waals surface area (Å²) in [5.74, 6) is -2.38. The highest BCUT2D eigenvalue weighted by Gasteiger charge is 2.30. The molecular formula is C87H140O17P2. The molecule has 0 rings (SSSR count). The van der Waals surface area contributed by atoms with E-state index in [1.807, 2.05) is 18.2 Å². The lowest BCUT2D eigenvalue weighted by atomic mass is 10.1. The van der Waals surface area contributed by atoms with Gasteiger partial charge in [-0.05, 0) is 154 Å². The van der Waals surface area contributed by atoms with Crippen LogP contribution in [0.2, 0.25) is 0 Å². The van der Waals surface area contributed by atoms with Crippen molar-refractivity contribution in [2.75, 3.05) is 39.6 Å². The van der Waals surface area contributed by atoms with Crippen LogP contribution in [0, 0.1) is 0 Å². The highest BCUT2D eigenvalue weighted by molar-refractivity contribution is 7.47. The lowest BCUT2D eigenvalue weighted by Gasteiger charge is -2.21. The van der Waals surface area contributed by atoms with E-state index in [0.717, 1.165) is 205 Å². The summed E-state index contributed by atoms with van der Waals surface area (Å²) in [6.45, 7) is 4.29. The maximum absolute atomic E-state index is 13.1. The van der Waals surface area contributed by atoms with Gasteiger partial charge in [-0.15, -0.1) is 0 Å². The number of carbonyl (C=O) groups excluding carboxylic acids is 4. The maximum atomic E-state index is 13.1. The smallest absolute Gasteiger partial charge is 0.462 e. The second-order valence-electron chi connectivity index (χ2n) is 25.9. The van der Waals surface area contributed by atoms with E-state index >= 15 is 0 Å². The van der Waals surface area contributed by atoms with Gasteiger partial charge >= 0.3 is 39.5 Å². The van der Waals surface area contributed by atoms with E-state index < -0.39 is 97.5 Å². The number of ether oxygens (including phenoxy) is 4. The molecule has 0 aromatic carbocycles. The van der Waals surface area contributed by atoms with Gasteiger partial charge in [0.1, 0.15) is 19.3 Å². The molecule has 5 unspecified atom stereocenters. The van der Waals surface area contributed by atoms with Crippen LogP contribution >= 0.6 is 15.6 Å². The zero-order valence-electron chi connectivity index (χ0n) is 65.5. The number of hydrogen-bond acceptors (Lipinski definition) is 15. The van der Waals surface area contributed by atoms with Gasteiger partial charge in [-0.1, -0.05) is 287 Å². The van der Waals surface area contributed by atoms with Crippen LogP contribution in [-0.2, 0) is 65.4 Å². The van der Waals surface area contributed by atoms with Gasteiger partial charge in [-0.3, -0.25) is 37.3 Å². The Kier molecular flexibility index (Phi) is 73.1. The molecule has 0 aliphatic carbocycles. The molecule has 0 aromatic rings. The molecular weight excluding hydrogens is 1380 g/mol. The number of hydrogen-bond donors (Lipinski definition) is 3. The Balaban J connectivity index is 5.47. The van der Waals surface area contributed by atoms with Crippen molar-refractivity contribution in [2.45, 2.75) is 303 Å². The topological polar surface area (TPSA) is 237 Å². The molecule has 0 aliphatic heterocycles. The zero-order chi connectivity index (χ0) is 77.4.